The highest BCUT2D eigenvalue weighted by atomic mass is 16.5. The van der Waals surface area contributed by atoms with Crippen molar-refractivity contribution in [2.24, 2.45) is 5.10 Å². The minimum absolute atomic E-state index is 0.597. The first-order valence-electron chi connectivity index (χ1n) is 8.04. The highest BCUT2D eigenvalue weighted by Crippen LogP contribution is 2.21. The van der Waals surface area contributed by atoms with Crippen molar-refractivity contribution in [1.82, 2.24) is 19.8 Å². The third kappa shape index (κ3) is 3.23. The molecule has 0 saturated heterocycles. The molecular weight excluding hydrogens is 328 g/mol. The molecule has 0 radical (unpaired) electrons. The number of methoxy groups -OCH3 is 1. The normalized spacial score (nSPS) is 11.1. The summed E-state index contributed by atoms with van der Waals surface area (Å²) in [5.74, 6) is 2.03. The zero-order valence-corrected chi connectivity index (χ0v) is 14.1. The smallest absolute Gasteiger partial charge is 0.185 e. The molecule has 2 aromatic carbocycles. The quantitative estimate of drug-likeness (QED) is 0.444. The van der Waals surface area contributed by atoms with Crippen LogP contribution < -0.4 is 10.2 Å². The second-order valence-corrected chi connectivity index (χ2v) is 5.52. The summed E-state index contributed by atoms with van der Waals surface area (Å²) in [5.41, 5.74) is 5.50. The molecule has 7 heteroatoms. The molecule has 2 heterocycles. The molecule has 0 atom stereocenters. The van der Waals surface area contributed by atoms with Crippen LogP contribution in [0.3, 0.4) is 0 Å². The van der Waals surface area contributed by atoms with E-state index >= 15 is 0 Å². The lowest BCUT2D eigenvalue weighted by atomic mass is 10.2. The first-order chi connectivity index (χ1) is 12.8. The van der Waals surface area contributed by atoms with Crippen molar-refractivity contribution >= 4 is 17.7 Å². The van der Waals surface area contributed by atoms with Gasteiger partial charge in [-0.25, -0.2) is 0 Å². The standard InChI is InChI=1S/C19H16N6O/c1-26-16-9-7-15(8-10-16)19-23-22-18-12-11-17(24-25(18)19)21-20-13-14-5-3-2-4-6-14/h2-13H,1H3,(H,21,24)/b20-13+. The van der Waals surface area contributed by atoms with Gasteiger partial charge in [-0.1, -0.05) is 30.3 Å². The predicted molar refractivity (Wildman–Crippen MR) is 100 cm³/mol. The molecule has 0 aliphatic rings. The van der Waals surface area contributed by atoms with Crippen molar-refractivity contribution < 1.29 is 4.74 Å². The summed E-state index contributed by atoms with van der Waals surface area (Å²) in [6, 6.07) is 21.1. The average Bonchev–Trinajstić information content (AvgIpc) is 3.12. The Hall–Kier alpha value is -3.74. The molecule has 0 unspecified atom stereocenters. The Morgan fingerprint density at radius 2 is 1.77 bits per heavy atom. The fourth-order valence-electron chi connectivity index (χ4n) is 2.48. The topological polar surface area (TPSA) is 76.7 Å². The van der Waals surface area contributed by atoms with Gasteiger partial charge in [0.1, 0.15) is 5.75 Å². The van der Waals surface area contributed by atoms with Gasteiger partial charge in [-0.15, -0.1) is 15.3 Å². The van der Waals surface area contributed by atoms with Gasteiger partial charge in [-0.3, -0.25) is 5.43 Å². The highest BCUT2D eigenvalue weighted by molar-refractivity contribution is 5.79. The number of fused-ring (bicyclic) bond motifs is 1. The van der Waals surface area contributed by atoms with Crippen LogP contribution in [0.4, 0.5) is 5.82 Å². The number of nitrogens with zero attached hydrogens (tertiary/aromatic N) is 5. The second-order valence-electron chi connectivity index (χ2n) is 5.52. The lowest BCUT2D eigenvalue weighted by Crippen LogP contribution is -2.00. The monoisotopic (exact) mass is 344 g/mol. The first-order valence-corrected chi connectivity index (χ1v) is 8.04. The molecular formula is C19H16N6O. The Labute approximate surface area is 150 Å². The van der Waals surface area contributed by atoms with E-state index in [0.29, 0.717) is 17.3 Å². The van der Waals surface area contributed by atoms with Gasteiger partial charge in [0.2, 0.25) is 0 Å². The predicted octanol–water partition coefficient (Wildman–Crippen LogP) is 3.25. The number of hydrogen-bond acceptors (Lipinski definition) is 6. The van der Waals surface area contributed by atoms with Crippen molar-refractivity contribution in [3.05, 3.63) is 72.3 Å². The van der Waals surface area contributed by atoms with Crippen LogP contribution in [0.1, 0.15) is 5.56 Å². The van der Waals surface area contributed by atoms with Gasteiger partial charge in [0, 0.05) is 5.56 Å². The third-order valence-electron chi connectivity index (χ3n) is 3.80. The van der Waals surface area contributed by atoms with E-state index in [2.05, 4.69) is 25.8 Å². The molecule has 1 N–H and O–H groups in total. The number of aromatic nitrogens is 4. The van der Waals surface area contributed by atoms with Gasteiger partial charge in [0.15, 0.2) is 17.3 Å². The Bertz CT molecular complexity index is 1040. The minimum Gasteiger partial charge on any atom is -0.497 e. The van der Waals surface area contributed by atoms with E-state index < -0.39 is 0 Å². The summed E-state index contributed by atoms with van der Waals surface area (Å²) in [6.07, 6.45) is 1.74. The van der Waals surface area contributed by atoms with Gasteiger partial charge in [0.25, 0.3) is 0 Å². The molecule has 0 spiro atoms. The maximum Gasteiger partial charge on any atom is 0.185 e. The average molecular weight is 344 g/mol. The molecule has 0 bridgehead atoms. The highest BCUT2D eigenvalue weighted by Gasteiger charge is 2.10. The Morgan fingerprint density at radius 1 is 0.962 bits per heavy atom. The molecule has 7 nitrogen and oxygen atoms in total. The third-order valence-corrected chi connectivity index (χ3v) is 3.80. The van der Waals surface area contributed by atoms with E-state index in [1.54, 1.807) is 17.8 Å². The minimum atomic E-state index is 0.597. The maximum absolute atomic E-state index is 5.19. The number of rotatable bonds is 5. The van der Waals surface area contributed by atoms with Gasteiger partial charge in [0.05, 0.1) is 13.3 Å². The fourth-order valence-corrected chi connectivity index (χ4v) is 2.48. The molecule has 0 saturated carbocycles. The summed E-state index contributed by atoms with van der Waals surface area (Å²) < 4.78 is 6.87. The van der Waals surface area contributed by atoms with Crippen molar-refractivity contribution in [3.63, 3.8) is 0 Å². The molecule has 4 rings (SSSR count). The molecule has 2 aromatic heterocycles. The zero-order valence-electron chi connectivity index (χ0n) is 14.1. The van der Waals surface area contributed by atoms with Crippen LogP contribution in [0.15, 0.2) is 71.8 Å². The van der Waals surface area contributed by atoms with E-state index in [1.807, 2.05) is 66.7 Å². The molecule has 4 aromatic rings. The van der Waals surface area contributed by atoms with Crippen LogP contribution in [0.2, 0.25) is 0 Å². The summed E-state index contributed by atoms with van der Waals surface area (Å²) in [6.45, 7) is 0. The van der Waals surface area contributed by atoms with Gasteiger partial charge in [-0.05, 0) is 42.0 Å². The number of hydrogen-bond donors (Lipinski definition) is 1. The lowest BCUT2D eigenvalue weighted by Gasteiger charge is -2.03. The number of ether oxygens (including phenoxy) is 1. The number of nitrogens with one attached hydrogen (secondary N) is 1. The van der Waals surface area contributed by atoms with E-state index in [0.717, 1.165) is 16.9 Å². The van der Waals surface area contributed by atoms with Gasteiger partial charge >= 0.3 is 0 Å². The number of benzene rings is 2. The van der Waals surface area contributed by atoms with Crippen LogP contribution in [0.25, 0.3) is 17.0 Å². The number of anilines is 1. The second kappa shape index (κ2) is 7.02. The Balaban J connectivity index is 1.60. The van der Waals surface area contributed by atoms with E-state index in [1.165, 1.54) is 0 Å². The van der Waals surface area contributed by atoms with Crippen LogP contribution in [0, 0.1) is 0 Å². The van der Waals surface area contributed by atoms with Gasteiger partial charge < -0.3 is 4.74 Å². The molecule has 128 valence electrons. The lowest BCUT2D eigenvalue weighted by molar-refractivity contribution is 0.415. The van der Waals surface area contributed by atoms with Crippen LogP contribution in [-0.2, 0) is 0 Å². The summed E-state index contributed by atoms with van der Waals surface area (Å²) in [7, 11) is 1.64. The SMILES string of the molecule is COc1ccc(-c2nnc3ccc(N/N=C/c4ccccc4)nn23)cc1. The first kappa shape index (κ1) is 15.8. The van der Waals surface area contributed by atoms with E-state index in [-0.39, 0.29) is 0 Å². The van der Waals surface area contributed by atoms with Gasteiger partial charge in [-0.2, -0.15) is 9.62 Å². The Kier molecular flexibility index (Phi) is 4.26. The number of hydrazone groups is 1. The zero-order chi connectivity index (χ0) is 17.8. The maximum atomic E-state index is 5.19. The van der Waals surface area contributed by atoms with E-state index in [4.69, 9.17) is 4.74 Å². The van der Waals surface area contributed by atoms with Crippen LogP contribution in [0.5, 0.6) is 5.75 Å². The molecule has 0 aliphatic heterocycles. The molecule has 0 aliphatic carbocycles. The van der Waals surface area contributed by atoms with Crippen molar-refractivity contribution in [1.29, 1.82) is 0 Å². The molecule has 0 amide bonds. The Morgan fingerprint density at radius 3 is 2.54 bits per heavy atom. The largest absolute Gasteiger partial charge is 0.497 e. The summed E-state index contributed by atoms with van der Waals surface area (Å²) >= 11 is 0. The molecule has 0 fully saturated rings. The fraction of sp³-hybridized carbons (Fsp3) is 0.0526. The molecule has 26 heavy (non-hydrogen) atoms. The summed E-state index contributed by atoms with van der Waals surface area (Å²) in [4.78, 5) is 0. The summed E-state index contributed by atoms with van der Waals surface area (Å²) in [5, 5.41) is 17.1. The van der Waals surface area contributed by atoms with E-state index in [9.17, 15) is 0 Å². The van der Waals surface area contributed by atoms with Crippen molar-refractivity contribution in [2.75, 3.05) is 12.5 Å². The van der Waals surface area contributed by atoms with Crippen LogP contribution in [-0.4, -0.2) is 33.1 Å². The van der Waals surface area contributed by atoms with Crippen LogP contribution >= 0.6 is 0 Å². The van der Waals surface area contributed by atoms with Crippen molar-refractivity contribution in [3.8, 4) is 17.1 Å². The van der Waals surface area contributed by atoms with Crippen molar-refractivity contribution in [2.45, 2.75) is 0 Å².